The molecule has 2 saturated heterocycles. The molecule has 0 atom stereocenters. The Labute approximate surface area is 373 Å². The Bertz CT molecular complexity index is 1390. The van der Waals surface area contributed by atoms with E-state index in [0.29, 0.717) is 12.1 Å². The van der Waals surface area contributed by atoms with Crippen molar-refractivity contribution in [3.05, 3.63) is 60.7 Å². The van der Waals surface area contributed by atoms with Crippen molar-refractivity contribution in [3.63, 3.8) is 0 Å². The number of urea groups is 2. The second-order valence-electron chi connectivity index (χ2n) is 16.7. The molecule has 3 aliphatic carbocycles. The first-order chi connectivity index (χ1) is 29.7. The fraction of sp³-hybridized carbons (Fsp3) is 0.696. The van der Waals surface area contributed by atoms with Crippen LogP contribution < -0.4 is 27.0 Å². The molecular weight excluding hydrogens is 842 g/mol. The molecule has 2 aliphatic heterocycles. The lowest BCUT2D eigenvalue weighted by Crippen LogP contribution is -2.41. The van der Waals surface area contributed by atoms with Crippen molar-refractivity contribution >= 4 is 39.4 Å². The second kappa shape index (κ2) is 31.1. The number of morpholine rings is 2. The number of benzene rings is 2. The highest BCUT2D eigenvalue weighted by Gasteiger charge is 2.23. The first-order valence-electron chi connectivity index (χ1n) is 22.9. The van der Waals surface area contributed by atoms with Gasteiger partial charge < -0.3 is 51.4 Å². The Morgan fingerprint density at radius 3 is 1.46 bits per heavy atom. The average molecular weight is 919 g/mol. The van der Waals surface area contributed by atoms with E-state index in [0.717, 1.165) is 166 Å². The largest absolute Gasteiger partial charge is 0.393 e. The summed E-state index contributed by atoms with van der Waals surface area (Å²) < 4.78 is 16.6. The lowest BCUT2D eigenvalue weighted by atomic mass is 9.93. The van der Waals surface area contributed by atoms with E-state index < -0.39 is 0 Å². The Kier molecular flexibility index (Phi) is 25.9. The van der Waals surface area contributed by atoms with Crippen LogP contribution in [-0.2, 0) is 14.2 Å². The number of hydrogen-bond acceptors (Lipinski definition) is 10. The summed E-state index contributed by atoms with van der Waals surface area (Å²) in [6.45, 7) is 11.0. The highest BCUT2D eigenvalue weighted by atomic mass is 79.9. The van der Waals surface area contributed by atoms with Crippen LogP contribution in [0.5, 0.6) is 0 Å². The van der Waals surface area contributed by atoms with Gasteiger partial charge in [0.25, 0.3) is 0 Å². The molecule has 0 radical (unpaired) electrons. The third kappa shape index (κ3) is 23.4. The monoisotopic (exact) mass is 917 g/mol. The van der Waals surface area contributed by atoms with Gasteiger partial charge in [-0.15, -0.1) is 0 Å². The zero-order valence-corrected chi connectivity index (χ0v) is 38.0. The van der Waals surface area contributed by atoms with Crippen molar-refractivity contribution in [1.29, 1.82) is 0 Å². The van der Waals surface area contributed by atoms with Gasteiger partial charge in [-0.2, -0.15) is 0 Å². The molecule has 2 aromatic carbocycles. The first-order valence-corrected chi connectivity index (χ1v) is 24.0. The molecule has 4 amide bonds. The number of rotatable bonds is 12. The maximum atomic E-state index is 12.1. The summed E-state index contributed by atoms with van der Waals surface area (Å²) in [5.41, 5.74) is 7.20. The number of nitrogens with two attached hydrogens (primary N) is 1. The SMILES string of the molecule is BrCCCN1CCOCC1.NC1CCC(O)CC1.O=C(Nc1ccccc1)NC1CCC(O)CC1.O=C(Nc1ccccc1)NC1CCC(OCCCN2CCOCC2)CC1. The van der Waals surface area contributed by atoms with E-state index in [4.69, 9.17) is 25.1 Å². The van der Waals surface area contributed by atoms with Crippen LogP contribution in [0.3, 0.4) is 0 Å². The molecule has 2 heterocycles. The summed E-state index contributed by atoms with van der Waals surface area (Å²) >= 11 is 3.42. The summed E-state index contributed by atoms with van der Waals surface area (Å²) in [7, 11) is 0. The van der Waals surface area contributed by atoms with E-state index in [1.54, 1.807) is 0 Å². The third-order valence-corrected chi connectivity index (χ3v) is 12.2. The van der Waals surface area contributed by atoms with Crippen LogP contribution in [0.4, 0.5) is 21.0 Å². The van der Waals surface area contributed by atoms with E-state index in [1.807, 2.05) is 60.7 Å². The number of ether oxygens (including phenoxy) is 3. The topological polar surface area (TPSA) is 183 Å². The number of nitrogens with one attached hydrogen (secondary N) is 4. The van der Waals surface area contributed by atoms with Crippen LogP contribution in [0.15, 0.2) is 60.7 Å². The van der Waals surface area contributed by atoms with Crippen LogP contribution in [0.2, 0.25) is 0 Å². The van der Waals surface area contributed by atoms with Gasteiger partial charge in [-0.05, 0) is 121 Å². The number of aliphatic hydroxyl groups excluding tert-OH is 2. The zero-order chi connectivity index (χ0) is 43.3. The highest BCUT2D eigenvalue weighted by molar-refractivity contribution is 9.09. The van der Waals surface area contributed by atoms with Gasteiger partial charge in [0.2, 0.25) is 0 Å². The van der Waals surface area contributed by atoms with Crippen molar-refractivity contribution < 1.29 is 34.0 Å². The molecule has 0 bridgehead atoms. The van der Waals surface area contributed by atoms with Crippen molar-refractivity contribution in [1.82, 2.24) is 20.4 Å². The van der Waals surface area contributed by atoms with Gasteiger partial charge in [-0.25, -0.2) is 9.59 Å². The number of carbonyl (C=O) groups is 2. The molecule has 0 spiro atoms. The maximum Gasteiger partial charge on any atom is 0.319 e. The number of para-hydroxylation sites is 2. The number of carbonyl (C=O) groups excluding carboxylic acids is 2. The molecule has 0 aromatic heterocycles. The number of aliphatic hydroxyl groups is 2. The van der Waals surface area contributed by atoms with E-state index in [1.165, 1.54) is 13.0 Å². The Morgan fingerprint density at radius 1 is 0.623 bits per heavy atom. The maximum absolute atomic E-state index is 12.1. The Morgan fingerprint density at radius 2 is 1.03 bits per heavy atom. The van der Waals surface area contributed by atoms with Crippen LogP contribution in [0.1, 0.15) is 89.9 Å². The van der Waals surface area contributed by atoms with E-state index >= 15 is 0 Å². The van der Waals surface area contributed by atoms with Crippen molar-refractivity contribution in [2.24, 2.45) is 5.73 Å². The number of anilines is 2. The van der Waals surface area contributed by atoms with E-state index in [-0.39, 0.29) is 36.4 Å². The fourth-order valence-corrected chi connectivity index (χ4v) is 8.17. The molecule has 5 aliphatic rings. The van der Waals surface area contributed by atoms with E-state index in [2.05, 4.69) is 47.0 Å². The minimum Gasteiger partial charge on any atom is -0.393 e. The summed E-state index contributed by atoms with van der Waals surface area (Å²) in [6, 6.07) is 19.4. The fourth-order valence-electron chi connectivity index (χ4n) is 7.91. The molecule has 8 N–H and O–H groups in total. The van der Waals surface area contributed by atoms with Crippen LogP contribution >= 0.6 is 15.9 Å². The minimum atomic E-state index is -0.190. The smallest absolute Gasteiger partial charge is 0.319 e. The number of alkyl halides is 1. The van der Waals surface area contributed by atoms with Crippen LogP contribution in [0.25, 0.3) is 0 Å². The molecule has 15 heteroatoms. The van der Waals surface area contributed by atoms with Gasteiger partial charge in [0.15, 0.2) is 0 Å². The molecule has 344 valence electrons. The number of hydrogen-bond donors (Lipinski definition) is 7. The zero-order valence-electron chi connectivity index (χ0n) is 36.4. The average Bonchev–Trinajstić information content (AvgIpc) is 3.29. The molecule has 7 rings (SSSR count). The summed E-state index contributed by atoms with van der Waals surface area (Å²) in [4.78, 5) is 28.6. The molecule has 2 aromatic rings. The second-order valence-corrected chi connectivity index (χ2v) is 17.4. The van der Waals surface area contributed by atoms with Gasteiger partial charge in [-0.3, -0.25) is 9.80 Å². The quantitative estimate of drug-likeness (QED) is 0.0940. The van der Waals surface area contributed by atoms with Gasteiger partial charge in [0.1, 0.15) is 0 Å². The lowest BCUT2D eigenvalue weighted by molar-refractivity contribution is 0.00728. The summed E-state index contributed by atoms with van der Waals surface area (Å²) in [5, 5.41) is 31.1. The van der Waals surface area contributed by atoms with Crippen LogP contribution in [-0.4, -0.2) is 146 Å². The normalized spacial score (nSPS) is 25.7. The molecule has 3 saturated carbocycles. The van der Waals surface area contributed by atoms with Crippen LogP contribution in [0, 0.1) is 0 Å². The summed E-state index contributed by atoms with van der Waals surface area (Å²) in [5.74, 6) is 0. The number of amides is 4. The predicted octanol–water partition coefficient (Wildman–Crippen LogP) is 6.32. The van der Waals surface area contributed by atoms with Gasteiger partial charge in [0, 0.05) is 74.2 Å². The molecule has 5 fully saturated rings. The highest BCUT2D eigenvalue weighted by Crippen LogP contribution is 2.22. The Balaban J connectivity index is 0.000000199. The molecule has 61 heavy (non-hydrogen) atoms. The van der Waals surface area contributed by atoms with Crippen molar-refractivity contribution in [3.8, 4) is 0 Å². The predicted molar refractivity (Wildman–Crippen MR) is 247 cm³/mol. The third-order valence-electron chi connectivity index (χ3n) is 11.6. The number of nitrogens with zero attached hydrogens (tertiary/aromatic N) is 2. The molecular formula is C46H76BrN7O7. The van der Waals surface area contributed by atoms with Gasteiger partial charge in [0.05, 0.1) is 44.7 Å². The van der Waals surface area contributed by atoms with Crippen molar-refractivity contribution in [2.75, 3.05) is 88.3 Å². The first kappa shape index (κ1) is 50.8. The minimum absolute atomic E-state index is 0.0604. The molecule has 14 nitrogen and oxygen atoms in total. The summed E-state index contributed by atoms with van der Waals surface area (Å²) in [6.07, 6.45) is 13.5. The van der Waals surface area contributed by atoms with Crippen molar-refractivity contribution in [2.45, 2.75) is 126 Å². The van der Waals surface area contributed by atoms with Gasteiger partial charge >= 0.3 is 12.1 Å². The number of halogens is 1. The Hall–Kier alpha value is -2.86. The lowest BCUT2D eigenvalue weighted by Gasteiger charge is -2.30. The standard InChI is InChI=1S/C20H31N3O3.C13H18N2O2.C7H14BrNO.C6H13NO/c24-20(21-17-5-2-1-3-6-17)22-18-7-9-19(10-8-18)26-14-4-11-23-12-15-25-16-13-23;16-12-8-6-11(7-9-12)15-13(17)14-10-4-2-1-3-5-10;8-2-1-3-9-4-6-10-7-5-9;7-5-1-3-6(8)4-2-5/h1-3,5-6,18-19H,4,7-16H2,(H2,21,22,24);1-5,11-12,16H,6-9H2,(H2,14,15,17);1-7H2;5-6,8H,1-4,7H2. The van der Waals surface area contributed by atoms with E-state index in [9.17, 15) is 14.7 Å². The van der Waals surface area contributed by atoms with Gasteiger partial charge in [-0.1, -0.05) is 52.3 Å². The molecule has 0 unspecified atom stereocenters.